The number of nitrogens with zero attached hydrogens (tertiary/aromatic N) is 1. The van der Waals surface area contributed by atoms with Gasteiger partial charge in [0.15, 0.2) is 0 Å². The molecule has 94 valence electrons. The van der Waals surface area contributed by atoms with Crippen molar-refractivity contribution < 1.29 is 0 Å². The lowest BCUT2D eigenvalue weighted by Gasteiger charge is -2.31. The third kappa shape index (κ3) is 3.11. The van der Waals surface area contributed by atoms with Crippen LogP contribution in [0.25, 0.3) is 0 Å². The number of nitrogens with one attached hydrogen (secondary N) is 1. The molecule has 0 radical (unpaired) electrons. The summed E-state index contributed by atoms with van der Waals surface area (Å²) in [6, 6.07) is 4.50. The highest BCUT2D eigenvalue weighted by Crippen LogP contribution is 2.30. The summed E-state index contributed by atoms with van der Waals surface area (Å²) < 4.78 is 0. The zero-order valence-electron chi connectivity index (χ0n) is 10.7. The Morgan fingerprint density at radius 3 is 2.82 bits per heavy atom. The molecule has 1 heterocycles. The molecule has 1 atom stereocenters. The van der Waals surface area contributed by atoms with Gasteiger partial charge in [-0.3, -0.25) is 0 Å². The van der Waals surface area contributed by atoms with Gasteiger partial charge in [-0.25, -0.2) is 4.98 Å². The summed E-state index contributed by atoms with van der Waals surface area (Å²) in [6.07, 6.45) is 9.76. The van der Waals surface area contributed by atoms with Crippen LogP contribution in [0.2, 0.25) is 0 Å². The lowest BCUT2D eigenvalue weighted by atomic mass is 9.83. The largest absolute Gasteiger partial charge is 0.382 e. The van der Waals surface area contributed by atoms with Crippen molar-refractivity contribution in [2.24, 2.45) is 5.92 Å². The summed E-state index contributed by atoms with van der Waals surface area (Å²) in [5.74, 6) is 1.41. The van der Waals surface area contributed by atoms with Gasteiger partial charge >= 0.3 is 0 Å². The number of pyridine rings is 1. The van der Waals surface area contributed by atoms with Gasteiger partial charge in [0.05, 0.1) is 5.69 Å². The molecule has 0 spiro atoms. The second kappa shape index (κ2) is 5.89. The van der Waals surface area contributed by atoms with Crippen LogP contribution >= 0.6 is 0 Å². The summed E-state index contributed by atoms with van der Waals surface area (Å²) in [6.45, 7) is 2.25. The molecular weight excluding hydrogens is 210 g/mol. The maximum atomic E-state index is 5.88. The SMILES string of the molecule is CCC(Nc1cccnc1N)C1CCCCC1. The predicted molar refractivity (Wildman–Crippen MR) is 72.9 cm³/mol. The zero-order valence-corrected chi connectivity index (χ0v) is 10.7. The Labute approximate surface area is 104 Å². The van der Waals surface area contributed by atoms with E-state index >= 15 is 0 Å². The van der Waals surface area contributed by atoms with Crippen LogP contribution in [-0.2, 0) is 0 Å². The van der Waals surface area contributed by atoms with E-state index in [1.165, 1.54) is 32.1 Å². The Morgan fingerprint density at radius 2 is 2.18 bits per heavy atom. The topological polar surface area (TPSA) is 50.9 Å². The molecular formula is C14H23N3. The number of nitrogens with two attached hydrogens (primary N) is 1. The van der Waals surface area contributed by atoms with Gasteiger partial charge in [0.1, 0.15) is 5.82 Å². The van der Waals surface area contributed by atoms with Crippen molar-refractivity contribution in [1.82, 2.24) is 4.98 Å². The van der Waals surface area contributed by atoms with Crippen molar-refractivity contribution in [2.45, 2.75) is 51.5 Å². The molecule has 17 heavy (non-hydrogen) atoms. The summed E-state index contributed by atoms with van der Waals surface area (Å²) >= 11 is 0. The number of rotatable bonds is 4. The monoisotopic (exact) mass is 233 g/mol. The van der Waals surface area contributed by atoms with Gasteiger partial charge in [0.2, 0.25) is 0 Å². The Balaban J connectivity index is 2.01. The molecule has 0 amide bonds. The Kier molecular flexibility index (Phi) is 4.24. The van der Waals surface area contributed by atoms with Gasteiger partial charge in [0.25, 0.3) is 0 Å². The quantitative estimate of drug-likeness (QED) is 0.837. The first-order chi connectivity index (χ1) is 8.31. The van der Waals surface area contributed by atoms with Crippen molar-refractivity contribution in [3.63, 3.8) is 0 Å². The number of hydrogen-bond acceptors (Lipinski definition) is 3. The third-order valence-electron chi connectivity index (χ3n) is 3.84. The fourth-order valence-electron chi connectivity index (χ4n) is 2.83. The van der Waals surface area contributed by atoms with E-state index < -0.39 is 0 Å². The van der Waals surface area contributed by atoms with Gasteiger partial charge in [-0.15, -0.1) is 0 Å². The van der Waals surface area contributed by atoms with E-state index in [1.54, 1.807) is 6.20 Å². The van der Waals surface area contributed by atoms with Gasteiger partial charge in [-0.1, -0.05) is 26.2 Å². The van der Waals surface area contributed by atoms with Gasteiger partial charge < -0.3 is 11.1 Å². The molecule has 1 aromatic rings. The van der Waals surface area contributed by atoms with Crippen molar-refractivity contribution in [3.8, 4) is 0 Å². The fraction of sp³-hybridized carbons (Fsp3) is 0.643. The third-order valence-corrected chi connectivity index (χ3v) is 3.84. The maximum Gasteiger partial charge on any atom is 0.146 e. The van der Waals surface area contributed by atoms with E-state index in [1.807, 2.05) is 12.1 Å². The van der Waals surface area contributed by atoms with E-state index in [0.29, 0.717) is 11.9 Å². The molecule has 0 aliphatic heterocycles. The van der Waals surface area contributed by atoms with E-state index in [9.17, 15) is 0 Å². The molecule has 3 nitrogen and oxygen atoms in total. The predicted octanol–water partition coefficient (Wildman–Crippen LogP) is 3.43. The number of hydrogen-bond donors (Lipinski definition) is 2. The number of aromatic nitrogens is 1. The van der Waals surface area contributed by atoms with Crippen LogP contribution in [0.15, 0.2) is 18.3 Å². The van der Waals surface area contributed by atoms with Crippen molar-refractivity contribution >= 4 is 11.5 Å². The molecule has 1 saturated carbocycles. The van der Waals surface area contributed by atoms with Crippen LogP contribution in [-0.4, -0.2) is 11.0 Å². The minimum absolute atomic E-state index is 0.543. The Morgan fingerprint density at radius 1 is 1.41 bits per heavy atom. The second-order valence-corrected chi connectivity index (χ2v) is 4.99. The highest BCUT2D eigenvalue weighted by molar-refractivity contribution is 5.61. The number of nitrogen functional groups attached to an aromatic ring is 1. The molecule has 1 aliphatic carbocycles. The van der Waals surface area contributed by atoms with Crippen molar-refractivity contribution in [1.29, 1.82) is 0 Å². The first-order valence-electron chi connectivity index (χ1n) is 6.78. The minimum atomic E-state index is 0.543. The van der Waals surface area contributed by atoms with E-state index in [-0.39, 0.29) is 0 Å². The lowest BCUT2D eigenvalue weighted by molar-refractivity contribution is 0.313. The molecule has 3 heteroatoms. The highest BCUT2D eigenvalue weighted by Gasteiger charge is 2.22. The first kappa shape index (κ1) is 12.2. The number of anilines is 2. The van der Waals surface area contributed by atoms with Crippen LogP contribution in [0.3, 0.4) is 0 Å². The molecule has 0 saturated heterocycles. The van der Waals surface area contributed by atoms with Gasteiger partial charge in [-0.2, -0.15) is 0 Å². The van der Waals surface area contributed by atoms with E-state index in [4.69, 9.17) is 5.73 Å². The van der Waals surface area contributed by atoms with Crippen LogP contribution in [0.1, 0.15) is 45.4 Å². The molecule has 1 fully saturated rings. The maximum absolute atomic E-state index is 5.88. The van der Waals surface area contributed by atoms with Crippen LogP contribution in [0.5, 0.6) is 0 Å². The molecule has 1 aromatic heterocycles. The summed E-state index contributed by atoms with van der Waals surface area (Å²) in [4.78, 5) is 4.13. The Bertz CT molecular complexity index is 345. The summed E-state index contributed by atoms with van der Waals surface area (Å²) in [7, 11) is 0. The molecule has 2 rings (SSSR count). The average Bonchev–Trinajstić information content (AvgIpc) is 2.39. The average molecular weight is 233 g/mol. The van der Waals surface area contributed by atoms with E-state index in [0.717, 1.165) is 18.0 Å². The van der Waals surface area contributed by atoms with Crippen molar-refractivity contribution in [3.05, 3.63) is 18.3 Å². The minimum Gasteiger partial charge on any atom is -0.382 e. The fourth-order valence-corrected chi connectivity index (χ4v) is 2.83. The van der Waals surface area contributed by atoms with Gasteiger partial charge in [-0.05, 0) is 37.3 Å². The second-order valence-electron chi connectivity index (χ2n) is 4.99. The highest BCUT2D eigenvalue weighted by atomic mass is 15.0. The standard InChI is InChI=1S/C14H23N3/c1-2-12(11-7-4-3-5-8-11)17-13-9-6-10-16-14(13)15/h6,9-12,17H,2-5,7-8H2,1H3,(H2,15,16). The van der Waals surface area contributed by atoms with E-state index in [2.05, 4.69) is 17.2 Å². The zero-order chi connectivity index (χ0) is 12.1. The molecule has 1 aliphatic rings. The molecule has 1 unspecified atom stereocenters. The molecule has 0 aromatic carbocycles. The lowest BCUT2D eigenvalue weighted by Crippen LogP contribution is -2.30. The smallest absolute Gasteiger partial charge is 0.146 e. The normalized spacial score (nSPS) is 18.9. The molecule has 0 bridgehead atoms. The Hall–Kier alpha value is -1.25. The first-order valence-corrected chi connectivity index (χ1v) is 6.78. The summed E-state index contributed by atoms with van der Waals surface area (Å²) in [5, 5.41) is 3.58. The van der Waals surface area contributed by atoms with Crippen LogP contribution in [0.4, 0.5) is 11.5 Å². The van der Waals surface area contributed by atoms with Crippen LogP contribution in [0, 0.1) is 5.92 Å². The summed E-state index contributed by atoms with van der Waals surface area (Å²) in [5.41, 5.74) is 6.87. The van der Waals surface area contributed by atoms with Crippen LogP contribution < -0.4 is 11.1 Å². The van der Waals surface area contributed by atoms with Gasteiger partial charge in [0, 0.05) is 12.2 Å². The molecule has 3 N–H and O–H groups in total. The van der Waals surface area contributed by atoms with Crippen molar-refractivity contribution in [2.75, 3.05) is 11.1 Å².